The van der Waals surface area contributed by atoms with Gasteiger partial charge in [-0.1, -0.05) is 12.8 Å². The van der Waals surface area contributed by atoms with Crippen LogP contribution in [0, 0.1) is 0 Å². The van der Waals surface area contributed by atoms with Crippen molar-refractivity contribution in [1.82, 2.24) is 5.32 Å². The molecule has 0 radical (unpaired) electrons. The average molecular weight is 214 g/mol. The predicted molar refractivity (Wildman–Crippen MR) is 59.3 cm³/mol. The molecule has 0 bridgehead atoms. The summed E-state index contributed by atoms with van der Waals surface area (Å²) in [6.07, 6.45) is 4.08. The van der Waals surface area contributed by atoms with Crippen LogP contribution in [0.3, 0.4) is 0 Å². The van der Waals surface area contributed by atoms with Crippen LogP contribution in [0.2, 0.25) is 0 Å². The standard InChI is InChI=1S/C11H22N2O2/c1-11(2,7-10(12)15)13-8-5-3-4-6-9(8)14/h8-9,13-14H,3-7H2,1-2H3,(H2,12,15)/t8-,9-/m1/s1. The number of nitrogens with two attached hydrogens (primary N) is 1. The maximum atomic E-state index is 10.9. The number of amides is 1. The van der Waals surface area contributed by atoms with E-state index >= 15 is 0 Å². The van der Waals surface area contributed by atoms with E-state index in [1.54, 1.807) is 0 Å². The Bertz CT molecular complexity index is 229. The fourth-order valence-electron chi connectivity index (χ4n) is 2.27. The summed E-state index contributed by atoms with van der Waals surface area (Å²) >= 11 is 0. The van der Waals surface area contributed by atoms with Gasteiger partial charge in [0.05, 0.1) is 6.10 Å². The van der Waals surface area contributed by atoms with Gasteiger partial charge in [0.15, 0.2) is 0 Å². The Morgan fingerprint density at radius 2 is 2.07 bits per heavy atom. The summed E-state index contributed by atoms with van der Waals surface area (Å²) in [5, 5.41) is 13.1. The van der Waals surface area contributed by atoms with E-state index in [-0.39, 0.29) is 23.6 Å². The minimum absolute atomic E-state index is 0.105. The van der Waals surface area contributed by atoms with E-state index in [0.29, 0.717) is 6.42 Å². The maximum Gasteiger partial charge on any atom is 0.219 e. The van der Waals surface area contributed by atoms with Gasteiger partial charge in [-0.25, -0.2) is 0 Å². The molecule has 15 heavy (non-hydrogen) atoms. The van der Waals surface area contributed by atoms with Gasteiger partial charge in [-0.3, -0.25) is 4.79 Å². The first kappa shape index (κ1) is 12.5. The Balaban J connectivity index is 2.47. The molecule has 1 fully saturated rings. The van der Waals surface area contributed by atoms with Crippen molar-refractivity contribution in [2.24, 2.45) is 5.73 Å². The van der Waals surface area contributed by atoms with Crippen LogP contribution in [-0.4, -0.2) is 28.7 Å². The highest BCUT2D eigenvalue weighted by atomic mass is 16.3. The van der Waals surface area contributed by atoms with Gasteiger partial charge < -0.3 is 16.2 Å². The maximum absolute atomic E-state index is 10.9. The summed E-state index contributed by atoms with van der Waals surface area (Å²) in [6.45, 7) is 3.89. The van der Waals surface area contributed by atoms with Crippen LogP contribution in [-0.2, 0) is 4.79 Å². The molecule has 0 aromatic carbocycles. The molecule has 1 amide bonds. The second kappa shape index (κ2) is 4.94. The topological polar surface area (TPSA) is 75.4 Å². The molecule has 1 aliphatic carbocycles. The number of hydrogen-bond acceptors (Lipinski definition) is 3. The van der Waals surface area contributed by atoms with E-state index in [1.165, 1.54) is 0 Å². The van der Waals surface area contributed by atoms with Crippen molar-refractivity contribution < 1.29 is 9.90 Å². The van der Waals surface area contributed by atoms with E-state index in [9.17, 15) is 9.90 Å². The molecule has 4 heteroatoms. The Morgan fingerprint density at radius 1 is 1.47 bits per heavy atom. The zero-order valence-corrected chi connectivity index (χ0v) is 9.62. The Hall–Kier alpha value is -0.610. The van der Waals surface area contributed by atoms with Crippen LogP contribution >= 0.6 is 0 Å². The van der Waals surface area contributed by atoms with Crippen LogP contribution < -0.4 is 11.1 Å². The van der Waals surface area contributed by atoms with Gasteiger partial charge in [-0.2, -0.15) is 0 Å². The van der Waals surface area contributed by atoms with Crippen molar-refractivity contribution in [2.45, 2.75) is 63.6 Å². The molecule has 0 unspecified atom stereocenters. The molecule has 1 rings (SSSR count). The van der Waals surface area contributed by atoms with Gasteiger partial charge in [-0.15, -0.1) is 0 Å². The molecule has 1 aliphatic rings. The lowest BCUT2D eigenvalue weighted by molar-refractivity contribution is -0.119. The minimum atomic E-state index is -0.325. The lowest BCUT2D eigenvalue weighted by Crippen LogP contribution is -2.53. The third-order valence-corrected chi connectivity index (χ3v) is 2.92. The van der Waals surface area contributed by atoms with Crippen LogP contribution in [0.4, 0.5) is 0 Å². The van der Waals surface area contributed by atoms with Crippen molar-refractivity contribution in [3.8, 4) is 0 Å². The molecule has 4 nitrogen and oxygen atoms in total. The highest BCUT2D eigenvalue weighted by Gasteiger charge is 2.29. The van der Waals surface area contributed by atoms with Crippen molar-refractivity contribution in [3.05, 3.63) is 0 Å². The molecular formula is C11H22N2O2. The van der Waals surface area contributed by atoms with E-state index < -0.39 is 0 Å². The smallest absolute Gasteiger partial charge is 0.219 e. The molecule has 4 N–H and O–H groups in total. The Morgan fingerprint density at radius 3 is 2.60 bits per heavy atom. The summed E-state index contributed by atoms with van der Waals surface area (Å²) in [5.74, 6) is -0.308. The van der Waals surface area contributed by atoms with Crippen molar-refractivity contribution in [3.63, 3.8) is 0 Å². The van der Waals surface area contributed by atoms with E-state index in [0.717, 1.165) is 25.7 Å². The number of nitrogens with one attached hydrogen (secondary N) is 1. The Kier molecular flexibility index (Phi) is 4.11. The van der Waals surface area contributed by atoms with Crippen molar-refractivity contribution in [1.29, 1.82) is 0 Å². The lowest BCUT2D eigenvalue weighted by atomic mass is 9.89. The molecule has 0 heterocycles. The van der Waals surface area contributed by atoms with Gasteiger partial charge in [-0.05, 0) is 26.7 Å². The fraction of sp³-hybridized carbons (Fsp3) is 0.909. The van der Waals surface area contributed by atoms with Gasteiger partial charge in [0.25, 0.3) is 0 Å². The molecule has 0 aromatic rings. The summed E-state index contributed by atoms with van der Waals surface area (Å²) in [7, 11) is 0. The van der Waals surface area contributed by atoms with Crippen LogP contribution in [0.1, 0.15) is 46.0 Å². The predicted octanol–water partition coefficient (Wildman–Crippen LogP) is 0.533. The van der Waals surface area contributed by atoms with Gasteiger partial charge in [0, 0.05) is 18.0 Å². The Labute approximate surface area is 91.2 Å². The highest BCUT2D eigenvalue weighted by molar-refractivity contribution is 5.75. The second-order valence-corrected chi connectivity index (χ2v) is 5.13. The van der Waals surface area contributed by atoms with Crippen LogP contribution in [0.5, 0.6) is 0 Å². The normalized spacial score (nSPS) is 27.7. The second-order valence-electron chi connectivity index (χ2n) is 5.13. The quantitative estimate of drug-likeness (QED) is 0.639. The number of carbonyl (C=O) groups excluding carboxylic acids is 1. The number of rotatable bonds is 4. The van der Waals surface area contributed by atoms with Crippen LogP contribution in [0.25, 0.3) is 0 Å². The monoisotopic (exact) mass is 214 g/mol. The van der Waals surface area contributed by atoms with E-state index in [4.69, 9.17) is 5.73 Å². The lowest BCUT2D eigenvalue weighted by Gasteiger charge is -2.36. The number of hydrogen-bond donors (Lipinski definition) is 3. The number of aliphatic hydroxyl groups excluding tert-OH is 1. The molecular weight excluding hydrogens is 192 g/mol. The molecule has 0 spiro atoms. The van der Waals surface area contributed by atoms with Gasteiger partial charge >= 0.3 is 0 Å². The number of primary amides is 1. The molecule has 0 saturated heterocycles. The number of aliphatic hydroxyl groups is 1. The average Bonchev–Trinajstić information content (AvgIpc) is 2.06. The van der Waals surface area contributed by atoms with Crippen molar-refractivity contribution in [2.75, 3.05) is 0 Å². The fourth-order valence-corrected chi connectivity index (χ4v) is 2.27. The van der Waals surface area contributed by atoms with Gasteiger partial charge in [0.2, 0.25) is 5.91 Å². The first-order valence-electron chi connectivity index (χ1n) is 5.65. The summed E-state index contributed by atoms with van der Waals surface area (Å²) in [4.78, 5) is 10.9. The summed E-state index contributed by atoms with van der Waals surface area (Å²) in [5.41, 5.74) is 4.85. The largest absolute Gasteiger partial charge is 0.392 e. The highest BCUT2D eigenvalue weighted by Crippen LogP contribution is 2.21. The number of carbonyl (C=O) groups is 1. The van der Waals surface area contributed by atoms with Crippen molar-refractivity contribution >= 4 is 5.91 Å². The summed E-state index contributed by atoms with van der Waals surface area (Å²) < 4.78 is 0. The summed E-state index contributed by atoms with van der Waals surface area (Å²) in [6, 6.07) is 0.105. The first-order chi connectivity index (χ1) is 6.91. The third-order valence-electron chi connectivity index (χ3n) is 2.92. The third kappa shape index (κ3) is 4.18. The zero-order valence-electron chi connectivity index (χ0n) is 9.62. The van der Waals surface area contributed by atoms with E-state index in [1.807, 2.05) is 13.8 Å². The van der Waals surface area contributed by atoms with Gasteiger partial charge in [0.1, 0.15) is 0 Å². The van der Waals surface area contributed by atoms with Crippen LogP contribution in [0.15, 0.2) is 0 Å². The van der Waals surface area contributed by atoms with E-state index in [2.05, 4.69) is 5.32 Å². The molecule has 1 saturated carbocycles. The molecule has 0 aliphatic heterocycles. The SMILES string of the molecule is CC(C)(CC(N)=O)N[C@@H]1CCCC[C@H]1O. The first-order valence-corrected chi connectivity index (χ1v) is 5.65. The minimum Gasteiger partial charge on any atom is -0.392 e. The molecule has 0 aromatic heterocycles. The molecule has 2 atom stereocenters. The zero-order chi connectivity index (χ0) is 11.5. The molecule has 88 valence electrons.